The van der Waals surface area contributed by atoms with Crippen molar-refractivity contribution in [3.05, 3.63) is 69.4 Å². The lowest BCUT2D eigenvalue weighted by Crippen LogP contribution is -2.28. The Morgan fingerprint density at radius 2 is 1.91 bits per heavy atom. The van der Waals surface area contributed by atoms with Crippen molar-refractivity contribution in [2.24, 2.45) is 7.05 Å². The van der Waals surface area contributed by atoms with Gasteiger partial charge in [-0.2, -0.15) is 0 Å². The van der Waals surface area contributed by atoms with Crippen LogP contribution in [0.4, 0.5) is 23.0 Å². The van der Waals surface area contributed by atoms with Gasteiger partial charge in [0, 0.05) is 66.6 Å². The van der Waals surface area contributed by atoms with E-state index in [1.807, 2.05) is 62.4 Å². The summed E-state index contributed by atoms with van der Waals surface area (Å²) in [7, 11) is 7.79. The molecule has 0 saturated heterocycles. The highest BCUT2D eigenvalue weighted by molar-refractivity contribution is 9.10. The number of halogens is 1. The maximum Gasteiger partial charge on any atom is 0.294 e. The van der Waals surface area contributed by atoms with Crippen LogP contribution in [0.1, 0.15) is 0 Å². The first-order valence-electron chi connectivity index (χ1n) is 10.7. The third kappa shape index (κ3) is 4.87. The van der Waals surface area contributed by atoms with Gasteiger partial charge in [0.15, 0.2) is 0 Å². The standard InChI is InChI=1S/C24H26BrN7O2/c1-29(2)11-12-30(3)22-13-18(25)20(14-23(22)32(33)34)28-24-26-10-9-19(27-24)17-15-31(4)21-8-6-5-7-16(17)21/h5-10,13-15H,11-12H2,1-4H3,(H,26,27,28). The number of nitrogens with one attached hydrogen (secondary N) is 1. The van der Waals surface area contributed by atoms with E-state index < -0.39 is 0 Å². The monoisotopic (exact) mass is 523 g/mol. The van der Waals surface area contributed by atoms with Gasteiger partial charge in [-0.25, -0.2) is 9.97 Å². The fraction of sp³-hybridized carbons (Fsp3) is 0.250. The molecule has 0 unspecified atom stereocenters. The summed E-state index contributed by atoms with van der Waals surface area (Å²) in [5, 5.41) is 16.1. The van der Waals surface area contributed by atoms with Gasteiger partial charge >= 0.3 is 0 Å². The number of benzene rings is 2. The van der Waals surface area contributed by atoms with Gasteiger partial charge in [-0.1, -0.05) is 18.2 Å². The predicted molar refractivity (Wildman–Crippen MR) is 140 cm³/mol. The number of para-hydroxylation sites is 1. The number of aromatic nitrogens is 3. The zero-order valence-corrected chi connectivity index (χ0v) is 21.1. The van der Waals surface area contributed by atoms with E-state index in [9.17, 15) is 10.1 Å². The number of hydrogen-bond acceptors (Lipinski definition) is 7. The minimum absolute atomic E-state index is 0.0113. The summed E-state index contributed by atoms with van der Waals surface area (Å²) in [6.07, 6.45) is 3.72. The van der Waals surface area contributed by atoms with Crippen LogP contribution < -0.4 is 10.2 Å². The molecule has 4 aromatic rings. The molecule has 0 radical (unpaired) electrons. The van der Waals surface area contributed by atoms with Crippen LogP contribution in [0.3, 0.4) is 0 Å². The van der Waals surface area contributed by atoms with Gasteiger partial charge in [-0.3, -0.25) is 10.1 Å². The fourth-order valence-electron chi connectivity index (χ4n) is 3.80. The lowest BCUT2D eigenvalue weighted by atomic mass is 10.1. The van der Waals surface area contributed by atoms with Gasteiger partial charge in [0.05, 0.1) is 16.3 Å². The summed E-state index contributed by atoms with van der Waals surface area (Å²) < 4.78 is 2.75. The van der Waals surface area contributed by atoms with Crippen molar-refractivity contribution in [2.45, 2.75) is 0 Å². The van der Waals surface area contributed by atoms with Gasteiger partial charge in [-0.05, 0) is 48.2 Å². The van der Waals surface area contributed by atoms with Crippen LogP contribution in [-0.2, 0) is 7.05 Å². The highest BCUT2D eigenvalue weighted by Gasteiger charge is 2.21. The van der Waals surface area contributed by atoms with E-state index in [4.69, 9.17) is 0 Å². The molecule has 0 aliphatic rings. The molecule has 176 valence electrons. The van der Waals surface area contributed by atoms with Gasteiger partial charge in [0.25, 0.3) is 5.69 Å². The SMILES string of the molecule is CN(C)CCN(C)c1cc(Br)c(Nc2nccc(-c3cn(C)c4ccccc34)n2)cc1[N+](=O)[O-]. The molecule has 9 nitrogen and oxygen atoms in total. The Morgan fingerprint density at radius 1 is 1.15 bits per heavy atom. The number of fused-ring (bicyclic) bond motifs is 1. The Labute approximate surface area is 206 Å². The third-order valence-corrected chi connectivity index (χ3v) is 6.29. The van der Waals surface area contributed by atoms with E-state index in [-0.39, 0.29) is 10.6 Å². The van der Waals surface area contributed by atoms with Crippen molar-refractivity contribution in [1.82, 2.24) is 19.4 Å². The first kappa shape index (κ1) is 23.7. The summed E-state index contributed by atoms with van der Waals surface area (Å²) in [5.74, 6) is 0.356. The van der Waals surface area contributed by atoms with E-state index >= 15 is 0 Å². The molecule has 0 saturated carbocycles. The van der Waals surface area contributed by atoms with E-state index in [0.717, 1.165) is 28.7 Å². The van der Waals surface area contributed by atoms with E-state index in [1.165, 1.54) is 6.07 Å². The molecule has 1 N–H and O–H groups in total. The minimum atomic E-state index is -0.369. The zero-order valence-electron chi connectivity index (χ0n) is 19.5. The number of nitro benzene ring substituents is 1. The van der Waals surface area contributed by atoms with Crippen molar-refractivity contribution in [2.75, 3.05) is 44.4 Å². The molecule has 2 heterocycles. The first-order chi connectivity index (χ1) is 16.2. The molecule has 2 aromatic carbocycles. The quantitative estimate of drug-likeness (QED) is 0.255. The van der Waals surface area contributed by atoms with Crippen LogP contribution in [0.2, 0.25) is 0 Å². The van der Waals surface area contributed by atoms with Crippen LogP contribution in [0.5, 0.6) is 0 Å². The maximum absolute atomic E-state index is 11.8. The minimum Gasteiger partial charge on any atom is -0.368 e. The first-order valence-corrected chi connectivity index (χ1v) is 11.5. The molecule has 0 spiro atoms. The topological polar surface area (TPSA) is 92.4 Å². The number of hydrogen-bond donors (Lipinski definition) is 1. The van der Waals surface area contributed by atoms with Gasteiger partial charge < -0.3 is 19.7 Å². The fourth-order valence-corrected chi connectivity index (χ4v) is 4.24. The number of nitro groups is 1. The van der Waals surface area contributed by atoms with Crippen molar-refractivity contribution in [3.63, 3.8) is 0 Å². The smallest absolute Gasteiger partial charge is 0.294 e. The molecule has 0 atom stereocenters. The summed E-state index contributed by atoms with van der Waals surface area (Å²) >= 11 is 3.55. The van der Waals surface area contributed by atoms with E-state index in [1.54, 1.807) is 12.3 Å². The van der Waals surface area contributed by atoms with Crippen molar-refractivity contribution in [1.29, 1.82) is 0 Å². The molecule has 34 heavy (non-hydrogen) atoms. The van der Waals surface area contributed by atoms with Gasteiger partial charge in [-0.15, -0.1) is 0 Å². The van der Waals surface area contributed by atoms with Crippen LogP contribution in [0, 0.1) is 10.1 Å². The summed E-state index contributed by atoms with van der Waals surface area (Å²) in [4.78, 5) is 24.4. The second-order valence-corrected chi connectivity index (χ2v) is 9.22. The average molecular weight is 524 g/mol. The summed E-state index contributed by atoms with van der Waals surface area (Å²) in [6, 6.07) is 13.3. The second kappa shape index (κ2) is 9.78. The molecule has 0 aliphatic heterocycles. The molecule has 4 rings (SSSR count). The number of rotatable bonds is 8. The Bertz CT molecular complexity index is 1350. The van der Waals surface area contributed by atoms with E-state index in [0.29, 0.717) is 28.3 Å². The Balaban J connectivity index is 1.66. The molecule has 10 heteroatoms. The third-order valence-electron chi connectivity index (χ3n) is 5.63. The average Bonchev–Trinajstić information content (AvgIpc) is 3.15. The normalized spacial score (nSPS) is 11.2. The second-order valence-electron chi connectivity index (χ2n) is 8.36. The highest BCUT2D eigenvalue weighted by atomic mass is 79.9. The summed E-state index contributed by atoms with van der Waals surface area (Å²) in [5.41, 5.74) is 3.93. The molecular formula is C24H26BrN7O2. The van der Waals surface area contributed by atoms with Crippen molar-refractivity contribution < 1.29 is 4.92 Å². The van der Waals surface area contributed by atoms with Crippen molar-refractivity contribution in [3.8, 4) is 11.3 Å². The molecule has 0 amide bonds. The van der Waals surface area contributed by atoms with Crippen LogP contribution in [0.15, 0.2) is 59.3 Å². The van der Waals surface area contributed by atoms with Crippen LogP contribution in [0.25, 0.3) is 22.2 Å². The molecule has 0 aliphatic carbocycles. The molecule has 0 bridgehead atoms. The molecule has 0 fully saturated rings. The largest absolute Gasteiger partial charge is 0.368 e. The molecular weight excluding hydrogens is 498 g/mol. The van der Waals surface area contributed by atoms with Crippen LogP contribution in [-0.4, -0.2) is 58.6 Å². The Hall–Kier alpha value is -3.50. The number of anilines is 3. The van der Waals surface area contributed by atoms with Crippen LogP contribution >= 0.6 is 15.9 Å². The molecule has 2 aromatic heterocycles. The van der Waals surface area contributed by atoms with Crippen molar-refractivity contribution >= 4 is 49.8 Å². The Morgan fingerprint density at radius 3 is 2.65 bits per heavy atom. The number of aryl methyl sites for hydroxylation is 1. The van der Waals surface area contributed by atoms with Gasteiger partial charge in [0.2, 0.25) is 5.95 Å². The number of likely N-dealkylation sites (N-methyl/N-ethyl adjacent to an activating group) is 2. The van der Waals surface area contributed by atoms with Gasteiger partial charge in [0.1, 0.15) is 5.69 Å². The van der Waals surface area contributed by atoms with E-state index in [2.05, 4.69) is 47.9 Å². The lowest BCUT2D eigenvalue weighted by molar-refractivity contribution is -0.384. The number of nitrogens with zero attached hydrogens (tertiary/aromatic N) is 6. The predicted octanol–water partition coefficient (Wildman–Crippen LogP) is 5.05. The maximum atomic E-state index is 11.8. The zero-order chi connectivity index (χ0) is 24.4. The highest BCUT2D eigenvalue weighted by Crippen LogP contribution is 2.37. The Kier molecular flexibility index (Phi) is 6.80. The summed E-state index contributed by atoms with van der Waals surface area (Å²) in [6.45, 7) is 1.43. The lowest BCUT2D eigenvalue weighted by Gasteiger charge is -2.22.